The summed E-state index contributed by atoms with van der Waals surface area (Å²) in [6, 6.07) is 5.07. The second kappa shape index (κ2) is 6.72. The van der Waals surface area contributed by atoms with Crippen LogP contribution in [-0.2, 0) is 6.18 Å². The zero-order valence-electron chi connectivity index (χ0n) is 12.8. The number of phenols is 1. The number of hydrogen-bond acceptors (Lipinski definition) is 4. The Labute approximate surface area is 144 Å². The standard InChI is InChI=1S/C16H10F4N4O2/c17-10-3-2-8(16(18,19)20)5-9(10)12-7(6-21)1-4-11(25)13(12)14(26)24-15(22)23/h1-5,25H,(H4,22,23,24,26). The van der Waals surface area contributed by atoms with Gasteiger partial charge in [0.1, 0.15) is 11.6 Å². The highest BCUT2D eigenvalue weighted by atomic mass is 19.4. The number of alkyl halides is 3. The van der Waals surface area contributed by atoms with Gasteiger partial charge in [-0.2, -0.15) is 18.4 Å². The first-order chi connectivity index (χ1) is 12.1. The van der Waals surface area contributed by atoms with Crippen molar-refractivity contribution in [3.05, 3.63) is 52.8 Å². The van der Waals surface area contributed by atoms with E-state index in [4.69, 9.17) is 11.1 Å². The van der Waals surface area contributed by atoms with Crippen LogP contribution in [0.2, 0.25) is 0 Å². The van der Waals surface area contributed by atoms with E-state index >= 15 is 0 Å². The first kappa shape index (κ1) is 18.7. The third-order valence-electron chi connectivity index (χ3n) is 3.34. The fraction of sp³-hybridized carbons (Fsp3) is 0.0625. The number of guanidine groups is 1. The summed E-state index contributed by atoms with van der Waals surface area (Å²) >= 11 is 0. The third kappa shape index (κ3) is 3.56. The Hall–Kier alpha value is -3.61. The van der Waals surface area contributed by atoms with Gasteiger partial charge >= 0.3 is 6.18 Å². The van der Waals surface area contributed by atoms with Crippen molar-refractivity contribution in [1.29, 1.82) is 10.7 Å². The van der Waals surface area contributed by atoms with Crippen LogP contribution < -0.4 is 11.1 Å². The average molecular weight is 366 g/mol. The first-order valence-electron chi connectivity index (χ1n) is 6.84. The summed E-state index contributed by atoms with van der Waals surface area (Å²) in [5.41, 5.74) is 1.54. The average Bonchev–Trinajstić information content (AvgIpc) is 2.53. The Bertz CT molecular complexity index is 948. The zero-order chi connectivity index (χ0) is 19.6. The van der Waals surface area contributed by atoms with E-state index in [1.807, 2.05) is 5.32 Å². The van der Waals surface area contributed by atoms with Gasteiger partial charge in [0.2, 0.25) is 0 Å². The molecule has 26 heavy (non-hydrogen) atoms. The van der Waals surface area contributed by atoms with Gasteiger partial charge in [-0.25, -0.2) is 4.39 Å². The second-order valence-corrected chi connectivity index (χ2v) is 5.05. The molecule has 0 unspecified atom stereocenters. The number of nitriles is 1. The van der Waals surface area contributed by atoms with Gasteiger partial charge < -0.3 is 10.8 Å². The molecular weight excluding hydrogens is 356 g/mol. The fourth-order valence-corrected chi connectivity index (χ4v) is 2.27. The quantitative estimate of drug-likeness (QED) is 0.371. The minimum atomic E-state index is -4.80. The first-order valence-corrected chi connectivity index (χ1v) is 6.84. The lowest BCUT2D eigenvalue weighted by Gasteiger charge is -2.15. The number of rotatable bonds is 2. The second-order valence-electron chi connectivity index (χ2n) is 5.05. The Morgan fingerprint density at radius 3 is 2.46 bits per heavy atom. The lowest BCUT2D eigenvalue weighted by Crippen LogP contribution is -2.36. The number of aromatic hydroxyl groups is 1. The smallest absolute Gasteiger partial charge is 0.416 e. The van der Waals surface area contributed by atoms with Crippen molar-refractivity contribution in [3.8, 4) is 22.9 Å². The van der Waals surface area contributed by atoms with Crippen LogP contribution in [0.1, 0.15) is 21.5 Å². The number of amides is 1. The van der Waals surface area contributed by atoms with E-state index in [1.165, 1.54) is 0 Å². The molecule has 2 aromatic carbocycles. The summed E-state index contributed by atoms with van der Waals surface area (Å²) in [6.45, 7) is 0. The number of carbonyl (C=O) groups excluding carboxylic acids is 1. The van der Waals surface area contributed by atoms with Crippen LogP contribution in [0.15, 0.2) is 30.3 Å². The molecule has 0 radical (unpaired) electrons. The molecule has 10 heteroatoms. The van der Waals surface area contributed by atoms with Crippen molar-refractivity contribution in [2.45, 2.75) is 6.18 Å². The van der Waals surface area contributed by atoms with Crippen LogP contribution in [0, 0.1) is 22.6 Å². The van der Waals surface area contributed by atoms with E-state index in [2.05, 4.69) is 0 Å². The molecule has 0 saturated heterocycles. The predicted octanol–water partition coefficient (Wildman–Crippen LogP) is 2.71. The molecule has 0 atom stereocenters. The van der Waals surface area contributed by atoms with Crippen LogP contribution in [0.5, 0.6) is 5.75 Å². The Morgan fingerprint density at radius 1 is 1.27 bits per heavy atom. The molecule has 5 N–H and O–H groups in total. The molecule has 0 bridgehead atoms. The number of benzene rings is 2. The highest BCUT2D eigenvalue weighted by Gasteiger charge is 2.32. The maximum absolute atomic E-state index is 14.2. The molecule has 0 aromatic heterocycles. The molecule has 0 fully saturated rings. The summed E-state index contributed by atoms with van der Waals surface area (Å²) in [4.78, 5) is 12.2. The molecular formula is C16H10F4N4O2. The van der Waals surface area contributed by atoms with Crippen LogP contribution in [0.3, 0.4) is 0 Å². The van der Waals surface area contributed by atoms with Crippen molar-refractivity contribution in [1.82, 2.24) is 5.32 Å². The molecule has 0 spiro atoms. The Balaban J connectivity index is 2.85. The highest BCUT2D eigenvalue weighted by molar-refractivity contribution is 6.10. The lowest BCUT2D eigenvalue weighted by atomic mass is 9.92. The maximum Gasteiger partial charge on any atom is 0.416 e. The minimum Gasteiger partial charge on any atom is -0.507 e. The van der Waals surface area contributed by atoms with Gasteiger partial charge in [0.15, 0.2) is 5.96 Å². The maximum atomic E-state index is 14.2. The molecule has 2 aromatic rings. The van der Waals surface area contributed by atoms with Gasteiger partial charge in [-0.3, -0.25) is 15.5 Å². The number of carbonyl (C=O) groups is 1. The van der Waals surface area contributed by atoms with E-state index in [9.17, 15) is 32.7 Å². The normalized spacial score (nSPS) is 10.9. The number of halogens is 4. The largest absolute Gasteiger partial charge is 0.507 e. The van der Waals surface area contributed by atoms with Crippen LogP contribution in [-0.4, -0.2) is 17.0 Å². The van der Waals surface area contributed by atoms with E-state index in [1.54, 1.807) is 6.07 Å². The predicted molar refractivity (Wildman–Crippen MR) is 82.6 cm³/mol. The zero-order valence-corrected chi connectivity index (χ0v) is 12.8. The van der Waals surface area contributed by atoms with Gasteiger partial charge in [-0.1, -0.05) is 0 Å². The number of hydrogen-bond donors (Lipinski definition) is 4. The monoisotopic (exact) mass is 366 g/mol. The fourth-order valence-electron chi connectivity index (χ4n) is 2.27. The molecule has 0 saturated carbocycles. The number of nitrogens with zero attached hydrogens (tertiary/aromatic N) is 1. The number of phenolic OH excluding ortho intramolecular Hbond substituents is 1. The van der Waals surface area contributed by atoms with Gasteiger partial charge in [-0.05, 0) is 30.3 Å². The lowest BCUT2D eigenvalue weighted by molar-refractivity contribution is -0.137. The molecule has 134 valence electrons. The van der Waals surface area contributed by atoms with Crippen LogP contribution in [0.25, 0.3) is 11.1 Å². The van der Waals surface area contributed by atoms with E-state index < -0.39 is 51.9 Å². The summed E-state index contributed by atoms with van der Waals surface area (Å²) in [7, 11) is 0. The van der Waals surface area contributed by atoms with Crippen LogP contribution in [0.4, 0.5) is 17.6 Å². The SMILES string of the molecule is N#Cc1ccc(O)c(C(=O)NC(=N)N)c1-c1cc(C(F)(F)F)ccc1F. The van der Waals surface area contributed by atoms with E-state index in [0.717, 1.165) is 12.1 Å². The minimum absolute atomic E-state index is 0.352. The Morgan fingerprint density at radius 2 is 1.92 bits per heavy atom. The van der Waals surface area contributed by atoms with Gasteiger partial charge in [0, 0.05) is 11.1 Å². The Kier molecular flexibility index (Phi) is 4.84. The van der Waals surface area contributed by atoms with Gasteiger partial charge in [-0.15, -0.1) is 0 Å². The van der Waals surface area contributed by atoms with Crippen molar-refractivity contribution in [2.24, 2.45) is 5.73 Å². The number of nitrogens with two attached hydrogens (primary N) is 1. The number of nitrogens with one attached hydrogen (secondary N) is 2. The third-order valence-corrected chi connectivity index (χ3v) is 3.34. The molecule has 1 amide bonds. The van der Waals surface area contributed by atoms with E-state index in [-0.39, 0.29) is 5.56 Å². The summed E-state index contributed by atoms with van der Waals surface area (Å²) in [6.07, 6.45) is -4.80. The summed E-state index contributed by atoms with van der Waals surface area (Å²) < 4.78 is 53.1. The van der Waals surface area contributed by atoms with Crippen LogP contribution >= 0.6 is 0 Å². The molecule has 0 heterocycles. The highest BCUT2D eigenvalue weighted by Crippen LogP contribution is 2.38. The molecule has 0 aliphatic rings. The summed E-state index contributed by atoms with van der Waals surface area (Å²) in [5.74, 6) is -3.86. The van der Waals surface area contributed by atoms with Crippen molar-refractivity contribution in [2.75, 3.05) is 0 Å². The van der Waals surface area contributed by atoms with Crippen molar-refractivity contribution in [3.63, 3.8) is 0 Å². The molecule has 6 nitrogen and oxygen atoms in total. The van der Waals surface area contributed by atoms with E-state index in [0.29, 0.717) is 18.2 Å². The van der Waals surface area contributed by atoms with Crippen molar-refractivity contribution < 1.29 is 27.5 Å². The van der Waals surface area contributed by atoms with Gasteiger partial charge in [0.25, 0.3) is 5.91 Å². The topological polar surface area (TPSA) is 123 Å². The summed E-state index contributed by atoms with van der Waals surface area (Å²) in [5, 5.41) is 28.0. The molecule has 2 rings (SSSR count). The van der Waals surface area contributed by atoms with Crippen molar-refractivity contribution >= 4 is 11.9 Å². The molecule has 0 aliphatic carbocycles. The molecule has 0 aliphatic heterocycles. The van der Waals surface area contributed by atoms with Gasteiger partial charge in [0.05, 0.1) is 22.8 Å².